The van der Waals surface area contributed by atoms with Crippen LogP contribution in [0, 0.1) is 0 Å². The second-order valence-corrected chi connectivity index (χ2v) is 7.65. The summed E-state index contributed by atoms with van der Waals surface area (Å²) in [5, 5.41) is 0. The number of rotatable bonds is 4. The molecule has 1 saturated heterocycles. The van der Waals surface area contributed by atoms with Crippen molar-refractivity contribution in [2.45, 2.75) is 32.3 Å². The van der Waals surface area contributed by atoms with Gasteiger partial charge in [0, 0.05) is 32.3 Å². The van der Waals surface area contributed by atoms with Crippen molar-refractivity contribution in [3.8, 4) is 5.75 Å². The Morgan fingerprint density at radius 3 is 2.22 bits per heavy atom. The molecule has 1 aliphatic rings. The number of carbonyl (C=O) groups excluding carboxylic acids is 1. The zero-order chi connectivity index (χ0) is 19.6. The third kappa shape index (κ3) is 4.48. The van der Waals surface area contributed by atoms with Crippen molar-refractivity contribution in [3.05, 3.63) is 42.2 Å². The van der Waals surface area contributed by atoms with E-state index in [1.54, 1.807) is 18.2 Å². The summed E-state index contributed by atoms with van der Waals surface area (Å²) in [6, 6.07) is 7.78. The molecule has 2 aromatic heterocycles. The molecule has 144 valence electrons. The summed E-state index contributed by atoms with van der Waals surface area (Å²) in [6.07, 6.45) is 3.29. The van der Waals surface area contributed by atoms with Crippen LogP contribution < -0.4 is 9.64 Å². The molecule has 0 saturated carbocycles. The highest BCUT2D eigenvalue weighted by atomic mass is 16.6. The van der Waals surface area contributed by atoms with E-state index in [0.29, 0.717) is 19.0 Å². The van der Waals surface area contributed by atoms with Crippen molar-refractivity contribution in [2.24, 2.45) is 0 Å². The van der Waals surface area contributed by atoms with Crippen LogP contribution in [0.3, 0.4) is 0 Å². The van der Waals surface area contributed by atoms with Crippen LogP contribution in [0.2, 0.25) is 0 Å². The van der Waals surface area contributed by atoms with Gasteiger partial charge in [-0.15, -0.1) is 0 Å². The summed E-state index contributed by atoms with van der Waals surface area (Å²) < 4.78 is 10.5. The van der Waals surface area contributed by atoms with Crippen LogP contribution >= 0.6 is 0 Å². The van der Waals surface area contributed by atoms with E-state index in [0.717, 1.165) is 22.9 Å². The van der Waals surface area contributed by atoms with Crippen LogP contribution in [0.4, 0.5) is 16.4 Å². The second-order valence-electron chi connectivity index (χ2n) is 7.65. The maximum Gasteiger partial charge on any atom is 0.410 e. The molecule has 0 aromatic carbocycles. The monoisotopic (exact) mass is 370 g/mol. The normalized spacial score (nSPS) is 14.5. The molecule has 0 atom stereocenters. The Balaban J connectivity index is 1.59. The Bertz CT molecular complexity index is 778. The van der Waals surface area contributed by atoms with Crippen molar-refractivity contribution in [1.29, 1.82) is 0 Å². The highest BCUT2D eigenvalue weighted by Crippen LogP contribution is 2.29. The number of anilines is 2. The van der Waals surface area contributed by atoms with Gasteiger partial charge in [0.15, 0.2) is 0 Å². The van der Waals surface area contributed by atoms with Gasteiger partial charge in [-0.05, 0) is 44.5 Å². The summed E-state index contributed by atoms with van der Waals surface area (Å²) >= 11 is 0. The number of aromatic nitrogens is 2. The summed E-state index contributed by atoms with van der Waals surface area (Å²) in [5.74, 6) is 2.61. The Morgan fingerprint density at radius 2 is 1.74 bits per heavy atom. The van der Waals surface area contributed by atoms with Crippen LogP contribution in [-0.2, 0) is 4.74 Å². The van der Waals surface area contributed by atoms with Gasteiger partial charge in [-0.1, -0.05) is 6.07 Å². The lowest BCUT2D eigenvalue weighted by Crippen LogP contribution is -2.50. The van der Waals surface area contributed by atoms with Crippen molar-refractivity contribution in [3.63, 3.8) is 0 Å². The Labute approximate surface area is 159 Å². The number of methoxy groups -OCH3 is 1. The third-order valence-corrected chi connectivity index (χ3v) is 4.42. The highest BCUT2D eigenvalue weighted by molar-refractivity contribution is 5.69. The molecule has 2 aromatic rings. The number of carbonyl (C=O) groups is 1. The smallest absolute Gasteiger partial charge is 0.410 e. The van der Waals surface area contributed by atoms with Crippen LogP contribution in [0.15, 0.2) is 36.7 Å². The summed E-state index contributed by atoms with van der Waals surface area (Å²) in [5.41, 5.74) is 0.653. The van der Waals surface area contributed by atoms with E-state index in [1.165, 1.54) is 0 Å². The first kappa shape index (κ1) is 18.9. The summed E-state index contributed by atoms with van der Waals surface area (Å²) in [6.45, 7) is 6.94. The van der Waals surface area contributed by atoms with E-state index in [1.807, 2.05) is 57.1 Å². The van der Waals surface area contributed by atoms with Gasteiger partial charge < -0.3 is 19.3 Å². The molecular formula is C20H26N4O3. The standard InChI is InChI=1S/C20H26N4O3/c1-20(2,3)27-19(25)24-12-15(13-24)14-6-8-17(21-10-14)23(4)18-9-7-16(26-5)11-22-18/h6-11,15H,12-13H2,1-5H3. The minimum absolute atomic E-state index is 0.256. The summed E-state index contributed by atoms with van der Waals surface area (Å²) in [7, 11) is 3.54. The average Bonchev–Trinajstić information content (AvgIpc) is 2.59. The molecule has 0 spiro atoms. The first-order chi connectivity index (χ1) is 12.8. The SMILES string of the molecule is COc1ccc(N(C)c2ccc(C3CN(C(=O)OC(C)(C)C)C3)cn2)nc1. The number of pyridine rings is 2. The Morgan fingerprint density at radius 1 is 1.11 bits per heavy atom. The van der Waals surface area contributed by atoms with Gasteiger partial charge in [0.25, 0.3) is 0 Å². The molecule has 7 heteroatoms. The quantitative estimate of drug-likeness (QED) is 0.819. The van der Waals surface area contributed by atoms with Gasteiger partial charge in [0.2, 0.25) is 0 Å². The average molecular weight is 370 g/mol. The van der Waals surface area contributed by atoms with Crippen molar-refractivity contribution in [1.82, 2.24) is 14.9 Å². The number of ether oxygens (including phenoxy) is 2. The lowest BCUT2D eigenvalue weighted by Gasteiger charge is -2.39. The molecule has 0 unspecified atom stereocenters. The number of likely N-dealkylation sites (tertiary alicyclic amines) is 1. The van der Waals surface area contributed by atoms with Crippen LogP contribution in [-0.4, -0.2) is 53.8 Å². The Hall–Kier alpha value is -2.83. The predicted octanol–water partition coefficient (Wildman–Crippen LogP) is 3.59. The van der Waals surface area contributed by atoms with Crippen molar-refractivity contribution < 1.29 is 14.3 Å². The fourth-order valence-electron chi connectivity index (χ4n) is 2.81. The molecule has 3 rings (SSSR count). The molecule has 1 fully saturated rings. The molecule has 27 heavy (non-hydrogen) atoms. The number of hydrogen-bond donors (Lipinski definition) is 0. The predicted molar refractivity (Wildman–Crippen MR) is 104 cm³/mol. The minimum atomic E-state index is -0.467. The van der Waals surface area contributed by atoms with E-state index < -0.39 is 5.60 Å². The minimum Gasteiger partial charge on any atom is -0.495 e. The van der Waals surface area contributed by atoms with Crippen molar-refractivity contribution >= 4 is 17.7 Å². The van der Waals surface area contributed by atoms with E-state index in [-0.39, 0.29) is 6.09 Å². The van der Waals surface area contributed by atoms with Crippen LogP contribution in [0.5, 0.6) is 5.75 Å². The lowest BCUT2D eigenvalue weighted by atomic mass is 9.93. The number of hydrogen-bond acceptors (Lipinski definition) is 6. The fourth-order valence-corrected chi connectivity index (χ4v) is 2.81. The van der Waals surface area contributed by atoms with E-state index in [2.05, 4.69) is 16.0 Å². The van der Waals surface area contributed by atoms with Gasteiger partial charge in [-0.3, -0.25) is 0 Å². The first-order valence-corrected chi connectivity index (χ1v) is 8.94. The molecule has 1 aliphatic heterocycles. The van der Waals surface area contributed by atoms with Gasteiger partial charge >= 0.3 is 6.09 Å². The van der Waals surface area contributed by atoms with Gasteiger partial charge in [-0.2, -0.15) is 0 Å². The van der Waals surface area contributed by atoms with Gasteiger partial charge in [-0.25, -0.2) is 14.8 Å². The summed E-state index contributed by atoms with van der Waals surface area (Å²) in [4.78, 5) is 24.6. The topological polar surface area (TPSA) is 67.8 Å². The third-order valence-electron chi connectivity index (χ3n) is 4.42. The maximum absolute atomic E-state index is 12.0. The molecule has 3 heterocycles. The van der Waals surface area contributed by atoms with E-state index >= 15 is 0 Å². The maximum atomic E-state index is 12.0. The molecule has 0 bridgehead atoms. The molecule has 0 radical (unpaired) electrons. The Kier molecular flexibility index (Phi) is 5.21. The highest BCUT2D eigenvalue weighted by Gasteiger charge is 2.34. The number of nitrogens with zero attached hydrogens (tertiary/aromatic N) is 4. The number of amides is 1. The van der Waals surface area contributed by atoms with E-state index in [9.17, 15) is 4.79 Å². The second kappa shape index (κ2) is 7.42. The lowest BCUT2D eigenvalue weighted by molar-refractivity contribution is 0.00817. The first-order valence-electron chi connectivity index (χ1n) is 8.94. The zero-order valence-corrected chi connectivity index (χ0v) is 16.5. The zero-order valence-electron chi connectivity index (χ0n) is 16.5. The molecule has 0 N–H and O–H groups in total. The van der Waals surface area contributed by atoms with Gasteiger partial charge in [0.05, 0.1) is 13.3 Å². The molecule has 7 nitrogen and oxygen atoms in total. The van der Waals surface area contributed by atoms with Crippen molar-refractivity contribution in [2.75, 3.05) is 32.1 Å². The van der Waals surface area contributed by atoms with E-state index in [4.69, 9.17) is 9.47 Å². The molecule has 0 aliphatic carbocycles. The molecular weight excluding hydrogens is 344 g/mol. The molecule has 1 amide bonds. The van der Waals surface area contributed by atoms with Crippen LogP contribution in [0.25, 0.3) is 0 Å². The van der Waals surface area contributed by atoms with Crippen LogP contribution in [0.1, 0.15) is 32.3 Å². The largest absolute Gasteiger partial charge is 0.495 e. The van der Waals surface area contributed by atoms with Gasteiger partial charge in [0.1, 0.15) is 23.0 Å². The fraction of sp³-hybridized carbons (Fsp3) is 0.450.